The summed E-state index contributed by atoms with van der Waals surface area (Å²) in [6.07, 6.45) is 0. The second kappa shape index (κ2) is 5.80. The van der Waals surface area contributed by atoms with Gasteiger partial charge in [-0.2, -0.15) is 0 Å². The summed E-state index contributed by atoms with van der Waals surface area (Å²) in [7, 11) is 0. The fourth-order valence-electron chi connectivity index (χ4n) is 2.14. The molecule has 0 unspecified atom stereocenters. The van der Waals surface area contributed by atoms with Crippen LogP contribution in [0.15, 0.2) is 42.5 Å². The fourth-order valence-corrected chi connectivity index (χ4v) is 2.14. The van der Waals surface area contributed by atoms with Gasteiger partial charge < -0.3 is 14.8 Å². The van der Waals surface area contributed by atoms with E-state index in [1.165, 1.54) is 12.1 Å². The number of nitrogens with zero attached hydrogens (tertiary/aromatic N) is 1. The Hall–Kier alpha value is -2.60. The maximum absolute atomic E-state index is 10.6. The molecule has 2 aromatic carbocycles. The van der Waals surface area contributed by atoms with Crippen molar-refractivity contribution in [2.75, 3.05) is 6.79 Å². The quantitative estimate of drug-likeness (QED) is 0.675. The lowest BCUT2D eigenvalue weighted by atomic mass is 10.2. The van der Waals surface area contributed by atoms with Gasteiger partial charge in [-0.25, -0.2) is 0 Å². The number of fused-ring (bicyclic) bond motifs is 1. The lowest BCUT2D eigenvalue weighted by molar-refractivity contribution is -0.384. The summed E-state index contributed by atoms with van der Waals surface area (Å²) >= 11 is 0. The van der Waals surface area contributed by atoms with Gasteiger partial charge in [0.1, 0.15) is 0 Å². The number of rotatable bonds is 5. The van der Waals surface area contributed by atoms with Crippen LogP contribution in [-0.2, 0) is 13.1 Å². The van der Waals surface area contributed by atoms with E-state index in [-0.39, 0.29) is 12.5 Å². The van der Waals surface area contributed by atoms with Crippen LogP contribution < -0.4 is 14.8 Å². The molecule has 108 valence electrons. The third-order valence-electron chi connectivity index (χ3n) is 3.24. The molecule has 6 heteroatoms. The maximum atomic E-state index is 10.6. The molecule has 0 amide bonds. The highest BCUT2D eigenvalue weighted by Crippen LogP contribution is 2.32. The molecular formula is C15H14N2O4. The third kappa shape index (κ3) is 3.11. The Labute approximate surface area is 121 Å². The van der Waals surface area contributed by atoms with Crippen LogP contribution >= 0.6 is 0 Å². The van der Waals surface area contributed by atoms with E-state index in [1.807, 2.05) is 18.2 Å². The number of nitrogens with one attached hydrogen (secondary N) is 1. The van der Waals surface area contributed by atoms with Crippen molar-refractivity contribution in [3.05, 3.63) is 63.7 Å². The first-order valence-corrected chi connectivity index (χ1v) is 6.55. The summed E-state index contributed by atoms with van der Waals surface area (Å²) in [5.74, 6) is 1.54. The minimum Gasteiger partial charge on any atom is -0.454 e. The standard InChI is InChI=1S/C15H14N2O4/c18-17(19)13-4-1-11(2-5-13)8-16-9-12-3-6-14-15(7-12)21-10-20-14/h1-7,16H,8-10H2. The lowest BCUT2D eigenvalue weighted by Gasteiger charge is -2.06. The predicted molar refractivity (Wildman–Crippen MR) is 76.2 cm³/mol. The van der Waals surface area contributed by atoms with Crippen LogP contribution in [0.1, 0.15) is 11.1 Å². The number of benzene rings is 2. The predicted octanol–water partition coefficient (Wildman–Crippen LogP) is 2.61. The number of ether oxygens (including phenoxy) is 2. The Morgan fingerprint density at radius 3 is 2.43 bits per heavy atom. The minimum atomic E-state index is -0.399. The van der Waals surface area contributed by atoms with E-state index in [0.717, 1.165) is 22.6 Å². The Bertz CT molecular complexity index is 655. The van der Waals surface area contributed by atoms with Crippen LogP contribution in [-0.4, -0.2) is 11.7 Å². The second-order valence-electron chi connectivity index (χ2n) is 4.71. The molecule has 0 radical (unpaired) electrons. The van der Waals surface area contributed by atoms with Crippen LogP contribution in [0.25, 0.3) is 0 Å². The maximum Gasteiger partial charge on any atom is 0.269 e. The van der Waals surface area contributed by atoms with E-state index in [4.69, 9.17) is 9.47 Å². The van der Waals surface area contributed by atoms with Crippen molar-refractivity contribution >= 4 is 5.69 Å². The fraction of sp³-hybridized carbons (Fsp3) is 0.200. The van der Waals surface area contributed by atoms with Gasteiger partial charge in [-0.3, -0.25) is 10.1 Å². The van der Waals surface area contributed by atoms with E-state index < -0.39 is 4.92 Å². The highest BCUT2D eigenvalue weighted by atomic mass is 16.7. The summed E-state index contributed by atoms with van der Waals surface area (Å²) < 4.78 is 10.6. The van der Waals surface area contributed by atoms with E-state index in [0.29, 0.717) is 13.1 Å². The number of hydrogen-bond donors (Lipinski definition) is 1. The second-order valence-corrected chi connectivity index (χ2v) is 4.71. The van der Waals surface area contributed by atoms with Crippen LogP contribution in [0.2, 0.25) is 0 Å². The molecule has 0 aromatic heterocycles. The summed E-state index contributed by atoms with van der Waals surface area (Å²) in [5, 5.41) is 13.9. The van der Waals surface area contributed by atoms with E-state index in [1.54, 1.807) is 12.1 Å². The topological polar surface area (TPSA) is 73.6 Å². The van der Waals surface area contributed by atoms with Crippen molar-refractivity contribution in [3.63, 3.8) is 0 Å². The van der Waals surface area contributed by atoms with E-state index >= 15 is 0 Å². The van der Waals surface area contributed by atoms with Crippen LogP contribution in [0.5, 0.6) is 11.5 Å². The molecule has 1 aliphatic rings. The van der Waals surface area contributed by atoms with Gasteiger partial charge in [0, 0.05) is 25.2 Å². The molecule has 1 heterocycles. The lowest BCUT2D eigenvalue weighted by Crippen LogP contribution is -2.12. The van der Waals surface area contributed by atoms with Gasteiger partial charge in [-0.1, -0.05) is 18.2 Å². The molecular weight excluding hydrogens is 272 g/mol. The Morgan fingerprint density at radius 1 is 1.00 bits per heavy atom. The summed E-state index contributed by atoms with van der Waals surface area (Å²) in [5.41, 5.74) is 2.21. The molecule has 0 spiro atoms. The van der Waals surface area contributed by atoms with Crippen molar-refractivity contribution in [1.82, 2.24) is 5.32 Å². The van der Waals surface area contributed by atoms with Crippen LogP contribution in [0, 0.1) is 10.1 Å². The smallest absolute Gasteiger partial charge is 0.269 e. The van der Waals surface area contributed by atoms with Crippen molar-refractivity contribution in [2.45, 2.75) is 13.1 Å². The van der Waals surface area contributed by atoms with Gasteiger partial charge >= 0.3 is 0 Å². The van der Waals surface area contributed by atoms with Crippen molar-refractivity contribution in [2.24, 2.45) is 0 Å². The Balaban J connectivity index is 1.55. The molecule has 3 rings (SSSR count). The third-order valence-corrected chi connectivity index (χ3v) is 3.24. The summed E-state index contributed by atoms with van der Waals surface area (Å²) in [6.45, 7) is 1.61. The average molecular weight is 286 g/mol. The zero-order chi connectivity index (χ0) is 14.7. The molecule has 0 fully saturated rings. The van der Waals surface area contributed by atoms with Gasteiger partial charge in [0.2, 0.25) is 6.79 Å². The van der Waals surface area contributed by atoms with Crippen LogP contribution in [0.4, 0.5) is 5.69 Å². The highest BCUT2D eigenvalue weighted by molar-refractivity contribution is 5.44. The van der Waals surface area contributed by atoms with Gasteiger partial charge in [-0.05, 0) is 23.3 Å². The Morgan fingerprint density at radius 2 is 1.67 bits per heavy atom. The molecule has 6 nitrogen and oxygen atoms in total. The SMILES string of the molecule is O=[N+]([O-])c1ccc(CNCc2ccc3c(c2)OCO3)cc1. The van der Waals surface area contributed by atoms with Gasteiger partial charge in [0.25, 0.3) is 5.69 Å². The molecule has 0 saturated carbocycles. The Kier molecular flexibility index (Phi) is 3.70. The molecule has 0 aliphatic carbocycles. The summed E-state index contributed by atoms with van der Waals surface area (Å²) in [6, 6.07) is 12.4. The van der Waals surface area contributed by atoms with Crippen molar-refractivity contribution in [1.29, 1.82) is 0 Å². The zero-order valence-corrected chi connectivity index (χ0v) is 11.2. The van der Waals surface area contributed by atoms with Crippen molar-refractivity contribution < 1.29 is 14.4 Å². The van der Waals surface area contributed by atoms with E-state index in [9.17, 15) is 10.1 Å². The van der Waals surface area contributed by atoms with Crippen LogP contribution in [0.3, 0.4) is 0 Å². The van der Waals surface area contributed by atoms with Gasteiger partial charge in [0.15, 0.2) is 11.5 Å². The number of hydrogen-bond acceptors (Lipinski definition) is 5. The zero-order valence-electron chi connectivity index (χ0n) is 11.2. The first-order valence-electron chi connectivity index (χ1n) is 6.55. The van der Waals surface area contributed by atoms with Gasteiger partial charge in [-0.15, -0.1) is 0 Å². The molecule has 21 heavy (non-hydrogen) atoms. The largest absolute Gasteiger partial charge is 0.454 e. The number of non-ortho nitro benzene ring substituents is 1. The molecule has 0 bridgehead atoms. The highest BCUT2D eigenvalue weighted by Gasteiger charge is 2.12. The molecule has 1 N–H and O–H groups in total. The molecule has 2 aromatic rings. The monoisotopic (exact) mass is 286 g/mol. The molecule has 0 saturated heterocycles. The molecule has 0 atom stereocenters. The summed E-state index contributed by atoms with van der Waals surface area (Å²) in [4.78, 5) is 10.2. The first kappa shape index (κ1) is 13.4. The van der Waals surface area contributed by atoms with E-state index in [2.05, 4.69) is 5.32 Å². The molecule has 1 aliphatic heterocycles. The van der Waals surface area contributed by atoms with Gasteiger partial charge in [0.05, 0.1) is 4.92 Å². The van der Waals surface area contributed by atoms with Crippen molar-refractivity contribution in [3.8, 4) is 11.5 Å². The number of nitro benzene ring substituents is 1. The normalized spacial score (nSPS) is 12.4. The first-order chi connectivity index (χ1) is 10.2. The average Bonchev–Trinajstić information content (AvgIpc) is 2.95. The minimum absolute atomic E-state index is 0.106. The number of nitro groups is 1.